The average Bonchev–Trinajstić information content (AvgIpc) is 2.08. The second kappa shape index (κ2) is 4.12. The summed E-state index contributed by atoms with van der Waals surface area (Å²) in [4.78, 5) is 0. The van der Waals surface area contributed by atoms with Crippen molar-refractivity contribution in [3.8, 4) is 0 Å². The second-order valence-electron chi connectivity index (χ2n) is 2.88. The summed E-state index contributed by atoms with van der Waals surface area (Å²) in [5.41, 5.74) is 1.49. The topological polar surface area (TPSA) is 23.9 Å². The molecule has 0 fully saturated rings. The Morgan fingerprint density at radius 2 is 1.77 bits per heavy atom. The van der Waals surface area contributed by atoms with Crippen molar-refractivity contribution in [2.24, 2.45) is 0 Å². The summed E-state index contributed by atoms with van der Waals surface area (Å²) in [6.45, 7) is 3.64. The monoisotopic (exact) mass is 214 g/mol. The Bertz CT molecular complexity index is 334. The lowest BCUT2D eigenvalue weighted by Gasteiger charge is -2.09. The third-order valence-corrected chi connectivity index (χ3v) is 2.65. The number of rotatable bonds is 2. The molecule has 1 rings (SSSR count). The third kappa shape index (κ3) is 2.45. The molecule has 0 aliphatic carbocycles. The fourth-order valence-electron chi connectivity index (χ4n) is 0.946. The molecule has 69 valence electrons. The van der Waals surface area contributed by atoms with Crippen LogP contribution in [0.4, 0.5) is 0 Å². The minimum Gasteiger partial charge on any atom is -0.309 e. The van der Waals surface area contributed by atoms with Crippen molar-refractivity contribution >= 4 is 28.9 Å². The maximum atomic E-state index is 7.45. The molecule has 0 aromatic heterocycles. The molecule has 0 bridgehead atoms. The van der Waals surface area contributed by atoms with Gasteiger partial charge in [-0.25, -0.2) is 0 Å². The molecular weight excluding hydrogens is 205 g/mol. The molecule has 13 heavy (non-hydrogen) atoms. The standard InChI is InChI=1S/C10H10Cl2N/c1-6(7(2)13)8-3-4-9(11)10(12)5-8/h3-5,13H,1-2H3. The van der Waals surface area contributed by atoms with E-state index in [1.54, 1.807) is 19.1 Å². The van der Waals surface area contributed by atoms with Crippen LogP contribution in [0.5, 0.6) is 0 Å². The highest BCUT2D eigenvalue weighted by atomic mass is 35.5. The van der Waals surface area contributed by atoms with E-state index in [0.717, 1.165) is 11.5 Å². The van der Waals surface area contributed by atoms with Crippen LogP contribution in [0.15, 0.2) is 18.2 Å². The molecule has 0 amide bonds. The summed E-state index contributed by atoms with van der Waals surface area (Å²) in [6, 6.07) is 5.38. The number of benzene rings is 1. The van der Waals surface area contributed by atoms with Gasteiger partial charge in [-0.1, -0.05) is 29.3 Å². The first-order valence-electron chi connectivity index (χ1n) is 3.87. The van der Waals surface area contributed by atoms with E-state index in [1.807, 2.05) is 13.0 Å². The molecule has 0 unspecified atom stereocenters. The first-order chi connectivity index (χ1) is 6.02. The van der Waals surface area contributed by atoms with Crippen molar-refractivity contribution in [1.29, 1.82) is 5.41 Å². The van der Waals surface area contributed by atoms with Gasteiger partial charge in [0.1, 0.15) is 0 Å². The Hall–Kier alpha value is -0.530. The van der Waals surface area contributed by atoms with Crippen LogP contribution in [-0.4, -0.2) is 5.71 Å². The summed E-state index contributed by atoms with van der Waals surface area (Å²) >= 11 is 11.6. The van der Waals surface area contributed by atoms with Gasteiger partial charge in [0, 0.05) is 11.6 Å². The van der Waals surface area contributed by atoms with Crippen LogP contribution in [0.3, 0.4) is 0 Å². The van der Waals surface area contributed by atoms with E-state index < -0.39 is 0 Å². The maximum Gasteiger partial charge on any atom is 0.0595 e. The van der Waals surface area contributed by atoms with Gasteiger partial charge in [0.05, 0.1) is 10.0 Å². The SMILES string of the molecule is C[C](C(C)=N)c1ccc(Cl)c(Cl)c1. The number of hydrogen-bond donors (Lipinski definition) is 1. The zero-order valence-electron chi connectivity index (χ0n) is 7.49. The van der Waals surface area contributed by atoms with Crippen molar-refractivity contribution < 1.29 is 0 Å². The lowest BCUT2D eigenvalue weighted by Crippen LogP contribution is -2.04. The largest absolute Gasteiger partial charge is 0.309 e. The van der Waals surface area contributed by atoms with Gasteiger partial charge in [0.15, 0.2) is 0 Å². The van der Waals surface area contributed by atoms with E-state index in [1.165, 1.54) is 0 Å². The molecule has 1 aromatic carbocycles. The third-order valence-electron chi connectivity index (χ3n) is 1.92. The molecular formula is C10H10Cl2N. The highest BCUT2D eigenvalue weighted by Crippen LogP contribution is 2.26. The fourth-order valence-corrected chi connectivity index (χ4v) is 1.24. The van der Waals surface area contributed by atoms with Crippen LogP contribution in [0, 0.1) is 11.3 Å². The Balaban J connectivity index is 3.03. The Morgan fingerprint density at radius 1 is 1.15 bits per heavy atom. The number of halogens is 2. The van der Waals surface area contributed by atoms with E-state index in [4.69, 9.17) is 28.6 Å². The van der Waals surface area contributed by atoms with E-state index in [-0.39, 0.29) is 0 Å². The molecule has 0 saturated carbocycles. The highest BCUT2D eigenvalue weighted by molar-refractivity contribution is 6.42. The van der Waals surface area contributed by atoms with Crippen molar-refractivity contribution in [3.05, 3.63) is 39.7 Å². The van der Waals surface area contributed by atoms with E-state index in [9.17, 15) is 0 Å². The predicted molar refractivity (Wildman–Crippen MR) is 57.9 cm³/mol. The summed E-state index contributed by atoms with van der Waals surface area (Å²) in [7, 11) is 0. The van der Waals surface area contributed by atoms with Gasteiger partial charge in [-0.2, -0.15) is 0 Å². The lowest BCUT2D eigenvalue weighted by molar-refractivity contribution is 1.25. The summed E-state index contributed by atoms with van der Waals surface area (Å²) in [5, 5.41) is 8.52. The van der Waals surface area contributed by atoms with Gasteiger partial charge in [-0.05, 0) is 31.5 Å². The van der Waals surface area contributed by atoms with Crippen LogP contribution in [0.1, 0.15) is 19.4 Å². The van der Waals surface area contributed by atoms with Crippen LogP contribution in [0.25, 0.3) is 0 Å². The van der Waals surface area contributed by atoms with Gasteiger partial charge in [0.25, 0.3) is 0 Å². The Morgan fingerprint density at radius 3 is 2.23 bits per heavy atom. The van der Waals surface area contributed by atoms with Gasteiger partial charge in [-0.15, -0.1) is 0 Å². The normalized spacial score (nSPS) is 10.5. The second-order valence-corrected chi connectivity index (χ2v) is 3.69. The van der Waals surface area contributed by atoms with Crippen molar-refractivity contribution in [2.45, 2.75) is 13.8 Å². The van der Waals surface area contributed by atoms with Crippen LogP contribution >= 0.6 is 23.2 Å². The minimum absolute atomic E-state index is 0.528. The zero-order valence-corrected chi connectivity index (χ0v) is 9.00. The van der Waals surface area contributed by atoms with Crippen LogP contribution in [-0.2, 0) is 0 Å². The molecule has 0 aliphatic rings. The summed E-state index contributed by atoms with van der Waals surface area (Å²) < 4.78 is 0. The Kier molecular flexibility index (Phi) is 3.34. The average molecular weight is 215 g/mol. The molecule has 0 heterocycles. The predicted octanol–water partition coefficient (Wildman–Crippen LogP) is 3.98. The first-order valence-corrected chi connectivity index (χ1v) is 4.62. The van der Waals surface area contributed by atoms with Gasteiger partial charge >= 0.3 is 0 Å². The fraction of sp³-hybridized carbons (Fsp3) is 0.200. The molecule has 1 aromatic rings. The first kappa shape index (κ1) is 10.6. The van der Waals surface area contributed by atoms with Crippen molar-refractivity contribution in [2.75, 3.05) is 0 Å². The van der Waals surface area contributed by atoms with Crippen LogP contribution < -0.4 is 0 Å². The molecule has 1 nitrogen and oxygen atoms in total. The van der Waals surface area contributed by atoms with Gasteiger partial charge in [-0.3, -0.25) is 0 Å². The zero-order chi connectivity index (χ0) is 10.0. The van der Waals surface area contributed by atoms with E-state index in [0.29, 0.717) is 15.8 Å². The molecule has 1 N–H and O–H groups in total. The van der Waals surface area contributed by atoms with E-state index >= 15 is 0 Å². The van der Waals surface area contributed by atoms with Crippen molar-refractivity contribution in [1.82, 2.24) is 0 Å². The molecule has 0 aliphatic heterocycles. The smallest absolute Gasteiger partial charge is 0.0595 e. The Labute approximate surface area is 88.2 Å². The quantitative estimate of drug-likeness (QED) is 0.721. The number of nitrogens with one attached hydrogen (secondary N) is 1. The molecule has 0 spiro atoms. The summed E-state index contributed by atoms with van der Waals surface area (Å²) in [5.74, 6) is 0.915. The van der Waals surface area contributed by atoms with E-state index in [2.05, 4.69) is 0 Å². The van der Waals surface area contributed by atoms with Crippen molar-refractivity contribution in [3.63, 3.8) is 0 Å². The van der Waals surface area contributed by atoms with Crippen LogP contribution in [0.2, 0.25) is 10.0 Å². The van der Waals surface area contributed by atoms with Gasteiger partial charge < -0.3 is 5.41 Å². The minimum atomic E-state index is 0.528. The molecule has 0 saturated heterocycles. The molecule has 3 heteroatoms. The summed E-state index contributed by atoms with van der Waals surface area (Å²) in [6.07, 6.45) is 0. The van der Waals surface area contributed by atoms with Gasteiger partial charge in [0.2, 0.25) is 0 Å². The maximum absolute atomic E-state index is 7.45. The highest BCUT2D eigenvalue weighted by Gasteiger charge is 2.09. The molecule has 1 radical (unpaired) electrons. The number of hydrogen-bond acceptors (Lipinski definition) is 1. The molecule has 0 atom stereocenters. The lowest BCUT2D eigenvalue weighted by atomic mass is 9.97.